The minimum absolute atomic E-state index is 0.0853. The average molecular weight is 222 g/mol. The van der Waals surface area contributed by atoms with E-state index in [1.54, 1.807) is 0 Å². The van der Waals surface area contributed by atoms with Crippen LogP contribution in [-0.4, -0.2) is 28.7 Å². The first kappa shape index (κ1) is 11.5. The zero-order chi connectivity index (χ0) is 11.6. The second-order valence-corrected chi connectivity index (χ2v) is 5.47. The van der Waals surface area contributed by atoms with Crippen LogP contribution in [0, 0.1) is 0 Å². The van der Waals surface area contributed by atoms with Crippen LogP contribution < -0.4 is 10.6 Å². The van der Waals surface area contributed by atoms with E-state index in [1.807, 2.05) is 12.4 Å². The van der Waals surface area contributed by atoms with Crippen molar-refractivity contribution in [1.29, 1.82) is 0 Å². The highest BCUT2D eigenvalue weighted by Crippen LogP contribution is 2.19. The Hall–Kier alpha value is -1.03. The van der Waals surface area contributed by atoms with E-state index in [-0.39, 0.29) is 5.54 Å². The van der Waals surface area contributed by atoms with Gasteiger partial charge in [-0.15, -0.1) is 0 Å². The standard InChI is InChI=1S/C12H22N4/c1-12(2,3)16-8-7-14-11(16)15-9-10-5-4-6-13-10/h7-8,10,13H,4-6,9H2,1-3H3,(H,14,15). The number of rotatable bonds is 3. The first-order valence-electron chi connectivity index (χ1n) is 6.08. The van der Waals surface area contributed by atoms with E-state index in [1.165, 1.54) is 12.8 Å². The van der Waals surface area contributed by atoms with Crippen molar-refractivity contribution in [2.24, 2.45) is 0 Å². The molecule has 1 fully saturated rings. The number of aromatic nitrogens is 2. The molecule has 16 heavy (non-hydrogen) atoms. The molecule has 1 aliphatic rings. The van der Waals surface area contributed by atoms with Crippen LogP contribution in [0.2, 0.25) is 0 Å². The maximum Gasteiger partial charge on any atom is 0.203 e. The summed E-state index contributed by atoms with van der Waals surface area (Å²) in [5, 5.41) is 6.91. The predicted molar refractivity (Wildman–Crippen MR) is 66.7 cm³/mol. The molecule has 1 atom stereocenters. The number of hydrogen-bond acceptors (Lipinski definition) is 3. The largest absolute Gasteiger partial charge is 0.354 e. The average Bonchev–Trinajstić information content (AvgIpc) is 2.85. The number of nitrogens with one attached hydrogen (secondary N) is 2. The summed E-state index contributed by atoms with van der Waals surface area (Å²) in [7, 11) is 0. The van der Waals surface area contributed by atoms with Gasteiger partial charge in [-0.25, -0.2) is 4.98 Å². The lowest BCUT2D eigenvalue weighted by Gasteiger charge is -2.24. The molecule has 0 amide bonds. The summed E-state index contributed by atoms with van der Waals surface area (Å²) in [5.74, 6) is 0.973. The summed E-state index contributed by atoms with van der Waals surface area (Å²) in [6.45, 7) is 8.68. The van der Waals surface area contributed by atoms with Crippen LogP contribution >= 0.6 is 0 Å². The fourth-order valence-electron chi connectivity index (χ4n) is 2.12. The third kappa shape index (κ3) is 2.55. The molecule has 2 rings (SSSR count). The van der Waals surface area contributed by atoms with E-state index in [0.717, 1.165) is 19.0 Å². The van der Waals surface area contributed by atoms with Crippen LogP contribution in [0.4, 0.5) is 5.95 Å². The van der Waals surface area contributed by atoms with Gasteiger partial charge in [0.1, 0.15) is 0 Å². The SMILES string of the molecule is CC(C)(C)n1ccnc1NCC1CCCN1. The summed E-state index contributed by atoms with van der Waals surface area (Å²) < 4.78 is 2.18. The molecule has 0 radical (unpaired) electrons. The van der Waals surface area contributed by atoms with Gasteiger partial charge in [-0.2, -0.15) is 0 Å². The summed E-state index contributed by atoms with van der Waals surface area (Å²) in [6.07, 6.45) is 6.45. The number of nitrogens with zero attached hydrogens (tertiary/aromatic N) is 2. The van der Waals surface area contributed by atoms with Gasteiger partial charge in [0.2, 0.25) is 5.95 Å². The maximum atomic E-state index is 4.37. The monoisotopic (exact) mass is 222 g/mol. The van der Waals surface area contributed by atoms with E-state index in [9.17, 15) is 0 Å². The lowest BCUT2D eigenvalue weighted by atomic mass is 10.1. The van der Waals surface area contributed by atoms with Gasteiger partial charge in [0.15, 0.2) is 0 Å². The lowest BCUT2D eigenvalue weighted by molar-refractivity contribution is 0.400. The molecule has 1 saturated heterocycles. The zero-order valence-electron chi connectivity index (χ0n) is 10.5. The third-order valence-electron chi connectivity index (χ3n) is 3.03. The van der Waals surface area contributed by atoms with Gasteiger partial charge in [-0.05, 0) is 40.2 Å². The molecular weight excluding hydrogens is 200 g/mol. The van der Waals surface area contributed by atoms with Crippen molar-refractivity contribution in [2.45, 2.75) is 45.2 Å². The Labute approximate surface area is 97.4 Å². The molecule has 4 heteroatoms. The van der Waals surface area contributed by atoms with Crippen LogP contribution in [0.5, 0.6) is 0 Å². The fourth-order valence-corrected chi connectivity index (χ4v) is 2.12. The Kier molecular flexibility index (Phi) is 3.19. The lowest BCUT2D eigenvalue weighted by Crippen LogP contribution is -2.31. The molecule has 0 bridgehead atoms. The highest BCUT2D eigenvalue weighted by Gasteiger charge is 2.18. The van der Waals surface area contributed by atoms with Gasteiger partial charge < -0.3 is 15.2 Å². The summed E-state index contributed by atoms with van der Waals surface area (Å²) in [4.78, 5) is 4.37. The van der Waals surface area contributed by atoms with Gasteiger partial charge in [0, 0.05) is 30.5 Å². The quantitative estimate of drug-likeness (QED) is 0.819. The van der Waals surface area contributed by atoms with Gasteiger partial charge in [-0.3, -0.25) is 0 Å². The second kappa shape index (κ2) is 4.45. The Balaban J connectivity index is 1.96. The molecule has 0 spiro atoms. The smallest absolute Gasteiger partial charge is 0.203 e. The van der Waals surface area contributed by atoms with E-state index in [4.69, 9.17) is 0 Å². The van der Waals surface area contributed by atoms with E-state index in [2.05, 4.69) is 41.0 Å². The fraction of sp³-hybridized carbons (Fsp3) is 0.750. The van der Waals surface area contributed by atoms with Crippen molar-refractivity contribution in [3.8, 4) is 0 Å². The minimum atomic E-state index is 0.0853. The van der Waals surface area contributed by atoms with Gasteiger partial charge in [-0.1, -0.05) is 0 Å². The van der Waals surface area contributed by atoms with Crippen molar-refractivity contribution in [3.05, 3.63) is 12.4 Å². The Morgan fingerprint density at radius 1 is 1.56 bits per heavy atom. The van der Waals surface area contributed by atoms with Crippen LogP contribution in [0.15, 0.2) is 12.4 Å². The predicted octanol–water partition coefficient (Wildman–Crippen LogP) is 1.80. The normalized spacial score (nSPS) is 21.3. The minimum Gasteiger partial charge on any atom is -0.354 e. The van der Waals surface area contributed by atoms with Crippen molar-refractivity contribution in [3.63, 3.8) is 0 Å². The molecule has 1 aliphatic heterocycles. The molecule has 1 aromatic heterocycles. The van der Waals surface area contributed by atoms with Gasteiger partial charge in [0.25, 0.3) is 0 Å². The molecule has 4 nitrogen and oxygen atoms in total. The van der Waals surface area contributed by atoms with Gasteiger partial charge in [0.05, 0.1) is 0 Å². The Morgan fingerprint density at radius 3 is 3.00 bits per heavy atom. The van der Waals surface area contributed by atoms with E-state index < -0.39 is 0 Å². The van der Waals surface area contributed by atoms with Gasteiger partial charge >= 0.3 is 0 Å². The first-order valence-corrected chi connectivity index (χ1v) is 6.08. The maximum absolute atomic E-state index is 4.37. The van der Waals surface area contributed by atoms with Crippen LogP contribution in [0.25, 0.3) is 0 Å². The van der Waals surface area contributed by atoms with Crippen molar-refractivity contribution >= 4 is 5.95 Å². The highest BCUT2D eigenvalue weighted by molar-refractivity contribution is 5.28. The third-order valence-corrected chi connectivity index (χ3v) is 3.03. The second-order valence-electron chi connectivity index (χ2n) is 5.47. The number of anilines is 1. The molecule has 1 unspecified atom stereocenters. The first-order chi connectivity index (χ1) is 7.57. The summed E-state index contributed by atoms with van der Waals surface area (Å²) in [6, 6.07) is 0.602. The van der Waals surface area contributed by atoms with Crippen LogP contribution in [0.1, 0.15) is 33.6 Å². The summed E-state index contributed by atoms with van der Waals surface area (Å²) >= 11 is 0. The Bertz CT molecular complexity index is 331. The topological polar surface area (TPSA) is 41.9 Å². The summed E-state index contributed by atoms with van der Waals surface area (Å²) in [5.41, 5.74) is 0.0853. The molecule has 2 N–H and O–H groups in total. The van der Waals surface area contributed by atoms with E-state index in [0.29, 0.717) is 6.04 Å². The molecule has 0 aromatic carbocycles. The van der Waals surface area contributed by atoms with Crippen molar-refractivity contribution in [2.75, 3.05) is 18.4 Å². The molecule has 0 saturated carbocycles. The van der Waals surface area contributed by atoms with Crippen molar-refractivity contribution in [1.82, 2.24) is 14.9 Å². The Morgan fingerprint density at radius 2 is 2.38 bits per heavy atom. The van der Waals surface area contributed by atoms with Crippen molar-refractivity contribution < 1.29 is 0 Å². The molecule has 1 aromatic rings. The molecule has 90 valence electrons. The number of hydrogen-bond donors (Lipinski definition) is 2. The van der Waals surface area contributed by atoms with E-state index >= 15 is 0 Å². The number of imidazole rings is 1. The zero-order valence-corrected chi connectivity index (χ0v) is 10.5. The molecular formula is C12H22N4. The van der Waals surface area contributed by atoms with Crippen LogP contribution in [0.3, 0.4) is 0 Å². The highest BCUT2D eigenvalue weighted by atomic mass is 15.2. The molecule has 2 heterocycles. The molecule has 0 aliphatic carbocycles. The van der Waals surface area contributed by atoms with Crippen LogP contribution in [-0.2, 0) is 5.54 Å².